The Hall–Kier alpha value is -2.80. The molecule has 0 bridgehead atoms. The van der Waals surface area contributed by atoms with Crippen LogP contribution in [0, 0.1) is 12.7 Å². The number of thiophene rings is 1. The highest BCUT2D eigenvalue weighted by atomic mass is 32.1. The lowest BCUT2D eigenvalue weighted by Crippen LogP contribution is -2.25. The smallest absolute Gasteiger partial charge is 0.269 e. The molecular formula is C23H23FN4OS. The van der Waals surface area contributed by atoms with E-state index in [2.05, 4.69) is 12.2 Å². The van der Waals surface area contributed by atoms with Gasteiger partial charge in [0.2, 0.25) is 5.95 Å². The predicted molar refractivity (Wildman–Crippen MR) is 121 cm³/mol. The molecule has 3 aromatic heterocycles. The van der Waals surface area contributed by atoms with E-state index >= 15 is 0 Å². The second-order valence-corrected chi connectivity index (χ2v) is 8.87. The van der Waals surface area contributed by atoms with E-state index in [-0.39, 0.29) is 11.4 Å². The number of anilines is 1. The highest BCUT2D eigenvalue weighted by Crippen LogP contribution is 2.39. The van der Waals surface area contributed by atoms with Gasteiger partial charge in [0.15, 0.2) is 0 Å². The van der Waals surface area contributed by atoms with Crippen molar-refractivity contribution in [1.82, 2.24) is 14.5 Å². The Bertz CT molecular complexity index is 1320. The van der Waals surface area contributed by atoms with Crippen molar-refractivity contribution in [2.45, 2.75) is 46.0 Å². The number of rotatable bonds is 4. The van der Waals surface area contributed by atoms with Gasteiger partial charge in [-0.05, 0) is 68.9 Å². The van der Waals surface area contributed by atoms with Crippen molar-refractivity contribution in [3.8, 4) is 5.69 Å². The monoisotopic (exact) mass is 422 g/mol. The van der Waals surface area contributed by atoms with Gasteiger partial charge in [0, 0.05) is 16.8 Å². The minimum atomic E-state index is -0.340. The third-order valence-corrected chi connectivity index (χ3v) is 6.91. The molecule has 1 aliphatic carbocycles. The van der Waals surface area contributed by atoms with Crippen LogP contribution in [0.1, 0.15) is 42.3 Å². The average molecular weight is 423 g/mol. The molecule has 0 aliphatic heterocycles. The van der Waals surface area contributed by atoms with Gasteiger partial charge < -0.3 is 5.32 Å². The Morgan fingerprint density at radius 3 is 2.67 bits per heavy atom. The second kappa shape index (κ2) is 7.47. The molecule has 5 nitrogen and oxygen atoms in total. The predicted octanol–water partition coefficient (Wildman–Crippen LogP) is 5.14. The largest absolute Gasteiger partial charge is 0.355 e. The summed E-state index contributed by atoms with van der Waals surface area (Å²) in [4.78, 5) is 25.8. The van der Waals surface area contributed by atoms with Crippen LogP contribution in [-0.2, 0) is 12.8 Å². The molecule has 1 aliphatic rings. The fraction of sp³-hybridized carbons (Fsp3) is 0.348. The third kappa shape index (κ3) is 2.99. The number of pyridine rings is 1. The van der Waals surface area contributed by atoms with E-state index in [9.17, 15) is 9.18 Å². The maximum atomic E-state index is 13.7. The maximum absolute atomic E-state index is 13.7. The molecule has 3 heterocycles. The van der Waals surface area contributed by atoms with Crippen molar-refractivity contribution < 1.29 is 4.39 Å². The fourth-order valence-corrected chi connectivity index (χ4v) is 5.61. The quantitative estimate of drug-likeness (QED) is 0.494. The van der Waals surface area contributed by atoms with Gasteiger partial charge in [-0.25, -0.2) is 18.9 Å². The maximum Gasteiger partial charge on any atom is 0.269 e. The van der Waals surface area contributed by atoms with Gasteiger partial charge >= 0.3 is 0 Å². The number of benzene rings is 1. The van der Waals surface area contributed by atoms with Crippen molar-refractivity contribution in [3.05, 3.63) is 56.6 Å². The topological polar surface area (TPSA) is 59.8 Å². The summed E-state index contributed by atoms with van der Waals surface area (Å²) in [5.41, 5.74) is 3.14. The van der Waals surface area contributed by atoms with Crippen LogP contribution in [0.5, 0.6) is 0 Å². The molecule has 0 saturated carbocycles. The molecule has 1 N–H and O–H groups in total. The van der Waals surface area contributed by atoms with Crippen LogP contribution in [0.15, 0.2) is 29.1 Å². The lowest BCUT2D eigenvalue weighted by atomic mass is 9.96. The first-order valence-corrected chi connectivity index (χ1v) is 11.3. The summed E-state index contributed by atoms with van der Waals surface area (Å²) in [5.74, 6) is 0.150. The van der Waals surface area contributed by atoms with Crippen LogP contribution in [0.25, 0.3) is 26.8 Å². The van der Waals surface area contributed by atoms with Gasteiger partial charge in [-0.1, -0.05) is 6.92 Å². The first-order chi connectivity index (χ1) is 14.6. The average Bonchev–Trinajstić information content (AvgIpc) is 3.11. The molecule has 0 radical (unpaired) electrons. The SMILES string of the molecule is CCCNc1nc2c(c(C)nc3sc4c(c32)CCCC4)c(=O)n1-c1ccc(F)cc1. The molecule has 30 heavy (non-hydrogen) atoms. The molecule has 0 saturated heterocycles. The Balaban J connectivity index is 1.88. The summed E-state index contributed by atoms with van der Waals surface area (Å²) in [5, 5.41) is 4.89. The summed E-state index contributed by atoms with van der Waals surface area (Å²) in [6.45, 7) is 4.63. The molecule has 0 fully saturated rings. The number of hydrogen-bond acceptors (Lipinski definition) is 5. The van der Waals surface area contributed by atoms with Gasteiger partial charge in [-0.2, -0.15) is 0 Å². The zero-order valence-electron chi connectivity index (χ0n) is 17.1. The van der Waals surface area contributed by atoms with E-state index in [0.29, 0.717) is 29.3 Å². The molecule has 5 rings (SSSR count). The van der Waals surface area contributed by atoms with E-state index in [1.165, 1.54) is 33.6 Å². The molecule has 0 spiro atoms. The number of hydrogen-bond donors (Lipinski definition) is 1. The third-order valence-electron chi connectivity index (χ3n) is 5.72. The molecule has 7 heteroatoms. The standard InChI is InChI=1S/C23H23FN4OS/c1-3-12-25-23-27-20-18(22(29)28(23)15-10-8-14(24)9-11-15)13(2)26-21-19(20)16-6-4-5-7-17(16)30-21/h8-11H,3-7,12H2,1-2H3,(H,25,27). The highest BCUT2D eigenvalue weighted by molar-refractivity contribution is 7.19. The van der Waals surface area contributed by atoms with Crippen LogP contribution in [0.2, 0.25) is 0 Å². The summed E-state index contributed by atoms with van der Waals surface area (Å²) >= 11 is 1.74. The second-order valence-electron chi connectivity index (χ2n) is 7.79. The van der Waals surface area contributed by atoms with E-state index in [0.717, 1.165) is 41.4 Å². The Morgan fingerprint density at radius 1 is 1.13 bits per heavy atom. The zero-order valence-corrected chi connectivity index (χ0v) is 17.9. The Kier molecular flexibility index (Phi) is 4.77. The molecule has 154 valence electrons. The number of nitrogens with one attached hydrogen (secondary N) is 1. The molecular weight excluding hydrogens is 399 g/mol. The van der Waals surface area contributed by atoms with Gasteiger partial charge in [-0.15, -0.1) is 11.3 Å². The molecule has 0 atom stereocenters. The van der Waals surface area contributed by atoms with Crippen molar-refractivity contribution >= 4 is 38.4 Å². The van der Waals surface area contributed by atoms with E-state index in [1.54, 1.807) is 23.5 Å². The van der Waals surface area contributed by atoms with E-state index < -0.39 is 0 Å². The van der Waals surface area contributed by atoms with Crippen molar-refractivity contribution in [2.75, 3.05) is 11.9 Å². The van der Waals surface area contributed by atoms with Crippen LogP contribution in [0.4, 0.5) is 10.3 Å². The number of aryl methyl sites for hydroxylation is 3. The fourth-order valence-electron chi connectivity index (χ4n) is 4.30. The van der Waals surface area contributed by atoms with Gasteiger partial charge in [0.1, 0.15) is 10.6 Å². The van der Waals surface area contributed by atoms with Crippen molar-refractivity contribution in [2.24, 2.45) is 0 Å². The van der Waals surface area contributed by atoms with Crippen LogP contribution >= 0.6 is 11.3 Å². The minimum absolute atomic E-state index is 0.173. The van der Waals surface area contributed by atoms with Crippen LogP contribution < -0.4 is 10.9 Å². The lowest BCUT2D eigenvalue weighted by Gasteiger charge is -2.16. The summed E-state index contributed by atoms with van der Waals surface area (Å²) in [7, 11) is 0. The molecule has 0 unspecified atom stereocenters. The zero-order chi connectivity index (χ0) is 20.8. The molecule has 1 aromatic carbocycles. The van der Waals surface area contributed by atoms with Gasteiger partial charge in [0.05, 0.1) is 22.3 Å². The van der Waals surface area contributed by atoms with Crippen molar-refractivity contribution in [1.29, 1.82) is 0 Å². The number of aromatic nitrogens is 3. The minimum Gasteiger partial charge on any atom is -0.355 e. The number of halogens is 1. The van der Waals surface area contributed by atoms with Gasteiger partial charge in [-0.3, -0.25) is 4.79 Å². The van der Waals surface area contributed by atoms with Crippen molar-refractivity contribution in [3.63, 3.8) is 0 Å². The highest BCUT2D eigenvalue weighted by Gasteiger charge is 2.23. The summed E-state index contributed by atoms with van der Waals surface area (Å²) < 4.78 is 15.0. The van der Waals surface area contributed by atoms with Gasteiger partial charge in [0.25, 0.3) is 5.56 Å². The summed E-state index contributed by atoms with van der Waals surface area (Å²) in [6, 6.07) is 5.93. The Labute approximate surface area is 177 Å². The van der Waals surface area contributed by atoms with E-state index in [1.807, 2.05) is 6.92 Å². The molecule has 0 amide bonds. The first-order valence-electron chi connectivity index (χ1n) is 10.5. The number of fused-ring (bicyclic) bond motifs is 5. The van der Waals surface area contributed by atoms with E-state index in [4.69, 9.17) is 9.97 Å². The van der Waals surface area contributed by atoms with Crippen LogP contribution in [0.3, 0.4) is 0 Å². The Morgan fingerprint density at radius 2 is 1.90 bits per heavy atom. The van der Waals surface area contributed by atoms with Crippen LogP contribution in [-0.4, -0.2) is 21.1 Å². The normalized spacial score (nSPS) is 13.7. The molecule has 4 aromatic rings. The number of nitrogens with zero attached hydrogens (tertiary/aromatic N) is 3. The lowest BCUT2D eigenvalue weighted by molar-refractivity contribution is 0.627. The first kappa shape index (κ1) is 19.2. The summed E-state index contributed by atoms with van der Waals surface area (Å²) in [6.07, 6.45) is 5.34.